The second-order valence-electron chi connectivity index (χ2n) is 11.6. The Kier molecular flexibility index (Phi) is 8.65. The molecule has 5 rings (SSSR count). The van der Waals surface area contributed by atoms with Crippen LogP contribution in [0.15, 0.2) is 4.99 Å². The molecule has 2 aliphatic heterocycles. The van der Waals surface area contributed by atoms with Gasteiger partial charge in [-0.25, -0.2) is 0 Å². The highest BCUT2D eigenvalue weighted by Gasteiger charge is 2.35. The van der Waals surface area contributed by atoms with Crippen molar-refractivity contribution < 1.29 is 4.79 Å². The quantitative estimate of drug-likeness (QED) is 0.536. The lowest BCUT2D eigenvalue weighted by Crippen LogP contribution is -2.44. The number of thiophene rings is 1. The summed E-state index contributed by atoms with van der Waals surface area (Å²) in [6.45, 7) is 14.6. The third kappa shape index (κ3) is 5.75. The minimum atomic E-state index is -0.226. The summed E-state index contributed by atoms with van der Waals surface area (Å²) in [5, 5.41) is 13.5. The lowest BCUT2D eigenvalue weighted by Gasteiger charge is -2.32. The SMILES string of the molecule is CCC1CCC(C2=NC(CNC(=O)CCCN3CCN(C)CC3)c3nnc(C)n3-c3sc(C)c(C)c32)CC1. The van der Waals surface area contributed by atoms with Gasteiger partial charge in [-0.1, -0.05) is 13.3 Å². The number of likely N-dealkylation sites (N-methyl/N-ethyl adjacent to an activating group) is 1. The number of aryl methyl sites for hydroxylation is 2. The molecule has 9 heteroatoms. The van der Waals surface area contributed by atoms with Crippen LogP contribution in [-0.2, 0) is 4.79 Å². The van der Waals surface area contributed by atoms with E-state index in [4.69, 9.17) is 4.99 Å². The molecular weight excluding hydrogens is 494 g/mol. The number of hydrogen-bond donors (Lipinski definition) is 1. The van der Waals surface area contributed by atoms with Gasteiger partial charge < -0.3 is 15.1 Å². The fourth-order valence-corrected chi connectivity index (χ4v) is 7.55. The lowest BCUT2D eigenvalue weighted by atomic mass is 9.77. The van der Waals surface area contributed by atoms with E-state index in [1.807, 2.05) is 18.3 Å². The van der Waals surface area contributed by atoms with E-state index in [9.17, 15) is 4.79 Å². The molecule has 1 atom stereocenters. The number of amides is 1. The standard InChI is InChI=1S/C29H45N7OS/c1-6-22-9-11-23(12-10-22)27-26-19(2)20(3)38-29(26)36-21(4)32-33-28(36)24(31-27)18-30-25(37)8-7-13-35-16-14-34(5)15-17-35/h22-24H,6-18H2,1-5H3,(H,30,37). The third-order valence-electron chi connectivity index (χ3n) is 9.05. The van der Waals surface area contributed by atoms with Crippen LogP contribution in [-0.4, -0.2) is 82.5 Å². The van der Waals surface area contributed by atoms with Gasteiger partial charge in [-0.2, -0.15) is 0 Å². The zero-order valence-corrected chi connectivity index (χ0v) is 24.7. The van der Waals surface area contributed by atoms with E-state index in [1.54, 1.807) is 0 Å². The number of piperazine rings is 1. The highest BCUT2D eigenvalue weighted by molar-refractivity contribution is 7.15. The Morgan fingerprint density at radius 2 is 1.79 bits per heavy atom. The smallest absolute Gasteiger partial charge is 0.220 e. The van der Waals surface area contributed by atoms with Crippen LogP contribution in [0, 0.1) is 32.6 Å². The van der Waals surface area contributed by atoms with Crippen LogP contribution in [0.2, 0.25) is 0 Å². The van der Waals surface area contributed by atoms with Gasteiger partial charge in [0.05, 0.1) is 0 Å². The average molecular weight is 540 g/mol. The molecule has 1 amide bonds. The highest BCUT2D eigenvalue weighted by Crippen LogP contribution is 2.42. The number of fused-ring (bicyclic) bond motifs is 3. The maximum absolute atomic E-state index is 12.9. The molecule has 2 aromatic rings. The Morgan fingerprint density at radius 1 is 1.05 bits per heavy atom. The normalized spacial score (nSPS) is 24.4. The predicted octanol–water partition coefficient (Wildman–Crippen LogP) is 4.46. The Morgan fingerprint density at radius 3 is 2.50 bits per heavy atom. The van der Waals surface area contributed by atoms with Gasteiger partial charge in [0.25, 0.3) is 0 Å². The number of rotatable bonds is 8. The van der Waals surface area contributed by atoms with Gasteiger partial charge in [0.2, 0.25) is 5.91 Å². The second kappa shape index (κ2) is 12.0. The Hall–Kier alpha value is -2.10. The van der Waals surface area contributed by atoms with E-state index in [2.05, 4.69) is 57.7 Å². The minimum absolute atomic E-state index is 0.105. The van der Waals surface area contributed by atoms with E-state index in [1.165, 1.54) is 58.8 Å². The van der Waals surface area contributed by atoms with Crippen LogP contribution in [0.1, 0.15) is 85.6 Å². The summed E-state index contributed by atoms with van der Waals surface area (Å²) in [6.07, 6.45) is 7.64. The molecule has 1 aliphatic carbocycles. The first-order valence-corrected chi connectivity index (χ1v) is 15.4. The first-order valence-electron chi connectivity index (χ1n) is 14.6. The monoisotopic (exact) mass is 539 g/mol. The van der Waals surface area contributed by atoms with Crippen molar-refractivity contribution in [3.8, 4) is 5.00 Å². The predicted molar refractivity (Wildman–Crippen MR) is 155 cm³/mol. The lowest BCUT2D eigenvalue weighted by molar-refractivity contribution is -0.121. The summed E-state index contributed by atoms with van der Waals surface area (Å²) < 4.78 is 2.21. The number of hydrogen-bond acceptors (Lipinski definition) is 7. The van der Waals surface area contributed by atoms with Gasteiger partial charge in [0.1, 0.15) is 16.9 Å². The summed E-state index contributed by atoms with van der Waals surface area (Å²) in [7, 11) is 2.17. The van der Waals surface area contributed by atoms with Crippen molar-refractivity contribution in [2.45, 2.75) is 78.7 Å². The minimum Gasteiger partial charge on any atom is -0.353 e. The van der Waals surface area contributed by atoms with Crippen molar-refractivity contribution in [3.05, 3.63) is 27.7 Å². The maximum Gasteiger partial charge on any atom is 0.220 e. The fraction of sp³-hybridized carbons (Fsp3) is 0.724. The summed E-state index contributed by atoms with van der Waals surface area (Å²) >= 11 is 1.82. The van der Waals surface area contributed by atoms with Crippen molar-refractivity contribution in [2.24, 2.45) is 16.8 Å². The topological polar surface area (TPSA) is 78.7 Å². The summed E-state index contributed by atoms with van der Waals surface area (Å²) in [5.41, 5.74) is 3.85. The molecule has 1 unspecified atom stereocenters. The molecule has 0 bridgehead atoms. The zero-order chi connectivity index (χ0) is 26.8. The zero-order valence-electron chi connectivity index (χ0n) is 23.9. The molecule has 0 aromatic carbocycles. The van der Waals surface area contributed by atoms with E-state index >= 15 is 0 Å². The maximum atomic E-state index is 12.9. The van der Waals surface area contributed by atoms with Gasteiger partial charge in [-0.15, -0.1) is 21.5 Å². The Labute approximate surface area is 231 Å². The van der Waals surface area contributed by atoms with Crippen LogP contribution in [0.3, 0.4) is 0 Å². The van der Waals surface area contributed by atoms with Gasteiger partial charge in [-0.05, 0) is 77.9 Å². The van der Waals surface area contributed by atoms with Crippen LogP contribution >= 0.6 is 11.3 Å². The summed E-state index contributed by atoms with van der Waals surface area (Å²) in [5.74, 6) is 3.14. The Bertz CT molecular complexity index is 1150. The molecule has 8 nitrogen and oxygen atoms in total. The summed E-state index contributed by atoms with van der Waals surface area (Å²) in [4.78, 5) is 24.5. The van der Waals surface area contributed by atoms with E-state index in [0.717, 1.165) is 56.7 Å². The molecule has 2 aromatic heterocycles. The van der Waals surface area contributed by atoms with Crippen molar-refractivity contribution in [1.82, 2.24) is 29.9 Å². The van der Waals surface area contributed by atoms with Gasteiger partial charge in [-0.3, -0.25) is 14.4 Å². The van der Waals surface area contributed by atoms with Crippen molar-refractivity contribution >= 4 is 23.0 Å². The molecule has 0 radical (unpaired) electrons. The highest BCUT2D eigenvalue weighted by atomic mass is 32.1. The fourth-order valence-electron chi connectivity index (χ4n) is 6.33. The number of carbonyl (C=O) groups is 1. The van der Waals surface area contributed by atoms with Crippen LogP contribution in [0.25, 0.3) is 5.00 Å². The largest absolute Gasteiger partial charge is 0.353 e. The van der Waals surface area contributed by atoms with Crippen molar-refractivity contribution in [2.75, 3.05) is 46.3 Å². The Balaban J connectivity index is 1.33. The number of nitrogens with one attached hydrogen (secondary N) is 1. The number of carbonyl (C=O) groups excluding carboxylic acids is 1. The van der Waals surface area contributed by atoms with Gasteiger partial charge in [0.15, 0.2) is 5.82 Å². The number of aromatic nitrogens is 3. The molecule has 1 saturated carbocycles. The van der Waals surface area contributed by atoms with E-state index in [-0.39, 0.29) is 11.9 Å². The van der Waals surface area contributed by atoms with Crippen LogP contribution < -0.4 is 5.32 Å². The second-order valence-corrected chi connectivity index (χ2v) is 12.8. The van der Waals surface area contributed by atoms with Crippen molar-refractivity contribution in [3.63, 3.8) is 0 Å². The summed E-state index contributed by atoms with van der Waals surface area (Å²) in [6, 6.07) is -0.226. The molecule has 38 heavy (non-hydrogen) atoms. The molecule has 1 saturated heterocycles. The van der Waals surface area contributed by atoms with Crippen molar-refractivity contribution in [1.29, 1.82) is 0 Å². The van der Waals surface area contributed by atoms with Crippen LogP contribution in [0.4, 0.5) is 0 Å². The van der Waals surface area contributed by atoms with Crippen LogP contribution in [0.5, 0.6) is 0 Å². The first-order chi connectivity index (χ1) is 18.4. The average Bonchev–Trinajstić information content (AvgIpc) is 3.39. The molecular formula is C29H45N7OS. The van der Waals surface area contributed by atoms with Gasteiger partial charge >= 0.3 is 0 Å². The number of aliphatic imine (C=N–C) groups is 1. The number of nitrogens with zero attached hydrogens (tertiary/aromatic N) is 6. The van der Waals surface area contributed by atoms with E-state index < -0.39 is 0 Å². The molecule has 4 heterocycles. The van der Waals surface area contributed by atoms with E-state index in [0.29, 0.717) is 18.9 Å². The molecule has 2 fully saturated rings. The third-order valence-corrected chi connectivity index (χ3v) is 10.2. The first kappa shape index (κ1) is 27.5. The molecule has 208 valence electrons. The molecule has 3 aliphatic rings. The molecule has 0 spiro atoms. The molecule has 1 N–H and O–H groups in total. The van der Waals surface area contributed by atoms with Gasteiger partial charge in [0, 0.05) is 61.2 Å².